The molecular weight excluding hydrogens is 295 g/mol. The number of hydrogen-bond donors (Lipinski definition) is 3. The number of halogens is 2. The van der Waals surface area contributed by atoms with Crippen LogP contribution >= 0.6 is 23.2 Å². The summed E-state index contributed by atoms with van der Waals surface area (Å²) >= 11 is 10.7. The van der Waals surface area contributed by atoms with Gasteiger partial charge in [-0.15, -0.1) is 23.2 Å². The second-order valence-electron chi connectivity index (χ2n) is 3.43. The summed E-state index contributed by atoms with van der Waals surface area (Å²) in [5.74, 6) is -2.71. The summed E-state index contributed by atoms with van der Waals surface area (Å²) in [7, 11) is 0. The van der Waals surface area contributed by atoms with E-state index in [1.807, 2.05) is 0 Å². The van der Waals surface area contributed by atoms with Gasteiger partial charge in [0.05, 0.1) is 16.9 Å². The van der Waals surface area contributed by atoms with Crippen molar-refractivity contribution in [3.8, 4) is 0 Å². The largest absolute Gasteiger partial charge is 0.478 e. The number of nitrogens with one attached hydrogen (secondary N) is 2. The van der Waals surface area contributed by atoms with Gasteiger partial charge < -0.3 is 15.7 Å². The standard InChI is InChI=1S/C11H10Cl2N2O4/c12-4-9(16)14-7-2-1-6(11(18)19)3-8(7)15-10(17)5-13/h1-3H,4-5H2,(H,14,16)(H,15,17)(H,18,19). The number of hydrogen-bond acceptors (Lipinski definition) is 3. The van der Waals surface area contributed by atoms with Gasteiger partial charge >= 0.3 is 5.97 Å². The van der Waals surface area contributed by atoms with Crippen molar-refractivity contribution in [1.82, 2.24) is 0 Å². The van der Waals surface area contributed by atoms with E-state index in [-0.39, 0.29) is 28.7 Å². The minimum atomic E-state index is -1.16. The van der Waals surface area contributed by atoms with Crippen molar-refractivity contribution in [3.63, 3.8) is 0 Å². The summed E-state index contributed by atoms with van der Waals surface area (Å²) in [5.41, 5.74) is 0.354. The van der Waals surface area contributed by atoms with Gasteiger partial charge in [0.15, 0.2) is 0 Å². The molecule has 0 spiro atoms. The number of carbonyl (C=O) groups is 3. The van der Waals surface area contributed by atoms with Gasteiger partial charge in [0.25, 0.3) is 0 Å². The average molecular weight is 305 g/mol. The van der Waals surface area contributed by atoms with Crippen molar-refractivity contribution < 1.29 is 19.5 Å². The Bertz CT molecular complexity index is 519. The van der Waals surface area contributed by atoms with Crippen LogP contribution in [0.25, 0.3) is 0 Å². The Hall–Kier alpha value is -1.79. The molecule has 19 heavy (non-hydrogen) atoms. The maximum Gasteiger partial charge on any atom is 0.335 e. The molecule has 0 aliphatic carbocycles. The van der Waals surface area contributed by atoms with Crippen LogP contribution in [-0.2, 0) is 9.59 Å². The second-order valence-corrected chi connectivity index (χ2v) is 3.96. The fraction of sp³-hybridized carbons (Fsp3) is 0.182. The van der Waals surface area contributed by atoms with E-state index in [0.717, 1.165) is 0 Å². The topological polar surface area (TPSA) is 95.5 Å². The molecule has 0 heterocycles. The number of benzene rings is 1. The van der Waals surface area contributed by atoms with Crippen molar-refractivity contribution in [2.45, 2.75) is 0 Å². The quantitative estimate of drug-likeness (QED) is 0.722. The molecule has 1 aromatic carbocycles. The van der Waals surface area contributed by atoms with Crippen molar-refractivity contribution in [3.05, 3.63) is 23.8 Å². The Labute approximate surface area is 118 Å². The lowest BCUT2D eigenvalue weighted by molar-refractivity contribution is -0.114. The van der Waals surface area contributed by atoms with Crippen LogP contribution in [0, 0.1) is 0 Å². The summed E-state index contributed by atoms with van der Waals surface area (Å²) in [5, 5.41) is 13.7. The lowest BCUT2D eigenvalue weighted by atomic mass is 10.1. The van der Waals surface area contributed by atoms with E-state index in [9.17, 15) is 14.4 Å². The number of carboxylic acids is 1. The van der Waals surface area contributed by atoms with E-state index < -0.39 is 17.8 Å². The molecule has 0 radical (unpaired) electrons. The molecule has 0 aliphatic heterocycles. The second kappa shape index (κ2) is 6.96. The van der Waals surface area contributed by atoms with Crippen LogP contribution in [0.1, 0.15) is 10.4 Å². The first-order chi connectivity index (χ1) is 8.97. The smallest absolute Gasteiger partial charge is 0.335 e. The van der Waals surface area contributed by atoms with Gasteiger partial charge in [0, 0.05) is 0 Å². The number of rotatable bonds is 5. The molecule has 6 nitrogen and oxygen atoms in total. The minimum Gasteiger partial charge on any atom is -0.478 e. The van der Waals surface area contributed by atoms with Gasteiger partial charge in [-0.05, 0) is 18.2 Å². The Balaban J connectivity index is 3.10. The molecule has 102 valence electrons. The fourth-order valence-electron chi connectivity index (χ4n) is 1.26. The summed E-state index contributed by atoms with van der Waals surface area (Å²) in [4.78, 5) is 33.3. The molecule has 0 aromatic heterocycles. The summed E-state index contributed by atoms with van der Waals surface area (Å²) in [6.07, 6.45) is 0. The first-order valence-corrected chi connectivity index (χ1v) is 6.13. The fourth-order valence-corrected chi connectivity index (χ4v) is 1.39. The van der Waals surface area contributed by atoms with Gasteiger partial charge in [-0.1, -0.05) is 0 Å². The van der Waals surface area contributed by atoms with Gasteiger partial charge in [-0.2, -0.15) is 0 Å². The van der Waals surface area contributed by atoms with Crippen molar-refractivity contribution in [1.29, 1.82) is 0 Å². The summed E-state index contributed by atoms with van der Waals surface area (Å²) in [6.45, 7) is 0. The summed E-state index contributed by atoms with van der Waals surface area (Å²) < 4.78 is 0. The van der Waals surface area contributed by atoms with E-state index in [0.29, 0.717) is 0 Å². The van der Waals surface area contributed by atoms with Crippen LogP contribution in [0.15, 0.2) is 18.2 Å². The van der Waals surface area contributed by atoms with E-state index in [1.54, 1.807) is 0 Å². The average Bonchev–Trinajstić information content (AvgIpc) is 2.39. The third-order valence-electron chi connectivity index (χ3n) is 2.06. The monoisotopic (exact) mass is 304 g/mol. The Kier molecular flexibility index (Phi) is 5.59. The first kappa shape index (κ1) is 15.3. The molecule has 1 aromatic rings. The van der Waals surface area contributed by atoms with Gasteiger partial charge in [0.2, 0.25) is 11.8 Å². The lowest BCUT2D eigenvalue weighted by Gasteiger charge is -2.12. The van der Waals surface area contributed by atoms with Crippen LogP contribution in [0.3, 0.4) is 0 Å². The maximum atomic E-state index is 11.2. The molecule has 0 saturated carbocycles. The predicted octanol–water partition coefficient (Wildman–Crippen LogP) is 1.74. The number of amides is 2. The SMILES string of the molecule is O=C(CCl)Nc1ccc(C(=O)O)cc1NC(=O)CCl. The highest BCUT2D eigenvalue weighted by Crippen LogP contribution is 2.23. The van der Waals surface area contributed by atoms with E-state index in [2.05, 4.69) is 10.6 Å². The number of aromatic carboxylic acids is 1. The molecule has 0 saturated heterocycles. The van der Waals surface area contributed by atoms with Crippen LogP contribution in [0.2, 0.25) is 0 Å². The highest BCUT2D eigenvalue weighted by Gasteiger charge is 2.12. The zero-order chi connectivity index (χ0) is 14.4. The van der Waals surface area contributed by atoms with Crippen molar-refractivity contribution in [2.24, 2.45) is 0 Å². The normalized spacial score (nSPS) is 9.79. The number of carbonyl (C=O) groups excluding carboxylic acids is 2. The molecule has 0 bridgehead atoms. The van der Waals surface area contributed by atoms with Crippen LogP contribution in [-0.4, -0.2) is 34.7 Å². The van der Waals surface area contributed by atoms with Crippen LogP contribution in [0.4, 0.5) is 11.4 Å². The van der Waals surface area contributed by atoms with Gasteiger partial charge in [0.1, 0.15) is 11.8 Å². The van der Waals surface area contributed by atoms with E-state index >= 15 is 0 Å². The van der Waals surface area contributed by atoms with E-state index in [4.69, 9.17) is 28.3 Å². The predicted molar refractivity (Wildman–Crippen MR) is 72.1 cm³/mol. The van der Waals surface area contributed by atoms with E-state index in [1.165, 1.54) is 18.2 Å². The Morgan fingerprint density at radius 3 is 2.00 bits per heavy atom. The molecule has 8 heteroatoms. The molecule has 3 N–H and O–H groups in total. The highest BCUT2D eigenvalue weighted by atomic mass is 35.5. The van der Waals surface area contributed by atoms with Gasteiger partial charge in [-0.3, -0.25) is 9.59 Å². The first-order valence-electron chi connectivity index (χ1n) is 5.07. The molecule has 1 rings (SSSR count). The summed E-state index contributed by atoms with van der Waals surface area (Å²) in [6, 6.07) is 3.87. The Morgan fingerprint density at radius 1 is 1.00 bits per heavy atom. The van der Waals surface area contributed by atoms with Gasteiger partial charge in [-0.25, -0.2) is 4.79 Å². The zero-order valence-electron chi connectivity index (χ0n) is 9.57. The molecular formula is C11H10Cl2N2O4. The molecule has 0 unspecified atom stereocenters. The lowest BCUT2D eigenvalue weighted by Crippen LogP contribution is -2.18. The highest BCUT2D eigenvalue weighted by molar-refractivity contribution is 6.30. The minimum absolute atomic E-state index is 0.0336. The van der Waals surface area contributed by atoms with Crippen LogP contribution < -0.4 is 10.6 Å². The molecule has 0 aliphatic rings. The molecule has 0 fully saturated rings. The van der Waals surface area contributed by atoms with Crippen molar-refractivity contribution in [2.75, 3.05) is 22.4 Å². The number of anilines is 2. The third kappa shape index (κ3) is 4.42. The number of alkyl halides is 2. The number of carboxylic acid groups (broad SMARTS) is 1. The zero-order valence-corrected chi connectivity index (χ0v) is 11.1. The third-order valence-corrected chi connectivity index (χ3v) is 2.54. The van der Waals surface area contributed by atoms with Crippen LogP contribution in [0.5, 0.6) is 0 Å². The molecule has 0 atom stereocenters. The molecule has 2 amide bonds. The Morgan fingerprint density at radius 2 is 1.53 bits per heavy atom. The maximum absolute atomic E-state index is 11.2. The van der Waals surface area contributed by atoms with Crippen molar-refractivity contribution >= 4 is 52.4 Å².